The van der Waals surface area contributed by atoms with Crippen molar-refractivity contribution in [3.05, 3.63) is 29.3 Å². The van der Waals surface area contributed by atoms with E-state index in [-0.39, 0.29) is 12.3 Å². The van der Waals surface area contributed by atoms with Gasteiger partial charge in [-0.25, -0.2) is 9.59 Å². The molecule has 188 valence electrons. The van der Waals surface area contributed by atoms with Crippen molar-refractivity contribution in [1.82, 2.24) is 0 Å². The van der Waals surface area contributed by atoms with Crippen LogP contribution in [-0.2, 0) is 25.6 Å². The highest BCUT2D eigenvalue weighted by atomic mass is 19.4. The molecule has 1 aliphatic heterocycles. The number of hydrogen-bond acceptors (Lipinski definition) is 5. The molecule has 15 heteroatoms. The number of alkyl halides is 6. The van der Waals surface area contributed by atoms with Gasteiger partial charge in [0.2, 0.25) is 5.91 Å². The van der Waals surface area contributed by atoms with Gasteiger partial charge in [0.25, 0.3) is 0 Å². The first-order valence-corrected chi connectivity index (χ1v) is 8.96. The van der Waals surface area contributed by atoms with Crippen LogP contribution in [-0.4, -0.2) is 58.4 Å². The first-order valence-electron chi connectivity index (χ1n) is 8.96. The first kappa shape index (κ1) is 30.2. The maximum atomic E-state index is 12.3. The largest absolute Gasteiger partial charge is 0.490 e. The summed E-state index contributed by atoms with van der Waals surface area (Å²) in [5.74, 6) is -3.92. The summed E-state index contributed by atoms with van der Waals surface area (Å²) in [7, 11) is 0. The predicted molar refractivity (Wildman–Crippen MR) is 104 cm³/mol. The van der Waals surface area contributed by atoms with Gasteiger partial charge in [-0.15, -0.1) is 6.42 Å². The third kappa shape index (κ3) is 8.62. The summed E-state index contributed by atoms with van der Waals surface area (Å²) in [4.78, 5) is 43.0. The van der Waals surface area contributed by atoms with Crippen LogP contribution in [0.1, 0.15) is 24.5 Å². The van der Waals surface area contributed by atoms with Gasteiger partial charge in [-0.05, 0) is 30.2 Å². The van der Waals surface area contributed by atoms with Crippen molar-refractivity contribution in [3.63, 3.8) is 0 Å². The number of carboxylic acid groups (broad SMARTS) is 2. The van der Waals surface area contributed by atoms with E-state index in [1.54, 1.807) is 25.1 Å². The lowest BCUT2D eigenvalue weighted by molar-refractivity contribution is -0.192. The predicted octanol–water partition coefficient (Wildman–Crippen LogP) is 1.41. The molecule has 1 aliphatic rings. The number of rotatable bonds is 3. The van der Waals surface area contributed by atoms with Crippen molar-refractivity contribution in [3.8, 4) is 12.3 Å². The van der Waals surface area contributed by atoms with Crippen LogP contribution in [0.25, 0.3) is 0 Å². The Labute approximate surface area is 188 Å². The lowest BCUT2D eigenvalue weighted by atomic mass is 10.1. The van der Waals surface area contributed by atoms with Gasteiger partial charge in [-0.3, -0.25) is 14.5 Å². The van der Waals surface area contributed by atoms with E-state index in [2.05, 4.69) is 11.7 Å². The minimum atomic E-state index is -5.08. The molecule has 34 heavy (non-hydrogen) atoms. The fourth-order valence-electron chi connectivity index (χ4n) is 2.36. The van der Waals surface area contributed by atoms with Crippen LogP contribution in [0.5, 0.6) is 0 Å². The molecule has 0 aromatic heterocycles. The summed E-state index contributed by atoms with van der Waals surface area (Å²) >= 11 is 0. The fraction of sp³-hybridized carbons (Fsp3) is 0.368. The highest BCUT2D eigenvalue weighted by molar-refractivity contribution is 6.04. The Kier molecular flexibility index (Phi) is 10.6. The minimum absolute atomic E-state index is 0.252. The zero-order chi connectivity index (χ0) is 27.0. The van der Waals surface area contributed by atoms with Crippen LogP contribution in [0.15, 0.2) is 18.2 Å². The van der Waals surface area contributed by atoms with Crippen molar-refractivity contribution in [2.75, 3.05) is 4.90 Å². The molecular weight excluding hydrogens is 480 g/mol. The Hall–Kier alpha value is -3.80. The lowest BCUT2D eigenvalue weighted by Gasteiger charge is -2.25. The number of hydrogen-bond donors (Lipinski definition) is 4. The molecule has 0 radical (unpaired) electrons. The molecule has 2 rings (SSSR count). The molecule has 0 aliphatic carbocycles. The average molecular weight is 499 g/mol. The van der Waals surface area contributed by atoms with Gasteiger partial charge in [-0.1, -0.05) is 12.8 Å². The highest BCUT2D eigenvalue weighted by Crippen LogP contribution is 2.33. The molecule has 0 unspecified atom stereocenters. The van der Waals surface area contributed by atoms with Gasteiger partial charge in [0.1, 0.15) is 6.04 Å². The Morgan fingerprint density at radius 2 is 1.62 bits per heavy atom. The molecule has 1 heterocycles. The Bertz CT molecular complexity index is 947. The summed E-state index contributed by atoms with van der Waals surface area (Å²) in [6, 6.07) is 3.52. The number of carbonyl (C=O) groups is 4. The van der Waals surface area contributed by atoms with E-state index < -0.39 is 42.3 Å². The van der Waals surface area contributed by atoms with E-state index >= 15 is 0 Å². The number of fused-ring (bicyclic) bond motifs is 1. The monoisotopic (exact) mass is 499 g/mol. The molecule has 6 N–H and O–H groups in total. The lowest BCUT2D eigenvalue weighted by Crippen LogP contribution is -2.49. The summed E-state index contributed by atoms with van der Waals surface area (Å²) in [5.41, 5.74) is 11.6. The number of nitrogens with two attached hydrogens (primary N) is 2. The van der Waals surface area contributed by atoms with Crippen LogP contribution < -0.4 is 16.4 Å². The molecule has 2 amide bonds. The molecule has 0 saturated heterocycles. The molecule has 1 aromatic carbocycles. The number of primary amides is 1. The summed E-state index contributed by atoms with van der Waals surface area (Å²) in [6.07, 6.45) is -3.90. The van der Waals surface area contributed by atoms with Gasteiger partial charge >= 0.3 is 30.2 Å². The molecule has 9 nitrogen and oxygen atoms in total. The van der Waals surface area contributed by atoms with Gasteiger partial charge in [0.15, 0.2) is 0 Å². The standard InChI is InChI=1S/C15H16N2O3.C2H2F3NO.C2HF3O2/c1-3-9-5-6-12-10(7-9)8-13(15(19)20)17(12)14(18)11(16)4-2;2*3-2(4,5)1(6)7/h1,5-7,11,13H,4,8,16H2,2H3,(H,19,20);(H2,6,7);(H,6,7)/t11-,13+;;/m0../s1. The van der Waals surface area contributed by atoms with Crippen LogP contribution in [0, 0.1) is 12.3 Å². The fourth-order valence-corrected chi connectivity index (χ4v) is 2.36. The molecule has 1 aromatic rings. The van der Waals surface area contributed by atoms with E-state index in [0.29, 0.717) is 17.7 Å². The van der Waals surface area contributed by atoms with Crippen LogP contribution in [0.3, 0.4) is 0 Å². The highest BCUT2D eigenvalue weighted by Gasteiger charge is 2.40. The zero-order valence-electron chi connectivity index (χ0n) is 17.3. The number of nitrogens with zero attached hydrogens (tertiary/aromatic N) is 1. The van der Waals surface area contributed by atoms with E-state index in [4.69, 9.17) is 26.9 Å². The van der Waals surface area contributed by atoms with Gasteiger partial charge in [0.05, 0.1) is 6.04 Å². The van der Waals surface area contributed by atoms with Crippen molar-refractivity contribution < 1.29 is 55.7 Å². The maximum absolute atomic E-state index is 12.3. The number of benzene rings is 1. The van der Waals surface area contributed by atoms with E-state index in [1.807, 2.05) is 0 Å². The van der Waals surface area contributed by atoms with Crippen molar-refractivity contribution in [2.24, 2.45) is 11.5 Å². The minimum Gasteiger partial charge on any atom is -0.480 e. The summed E-state index contributed by atoms with van der Waals surface area (Å²) in [6.45, 7) is 1.79. The second kappa shape index (κ2) is 11.9. The topological polar surface area (TPSA) is 164 Å². The molecule has 0 fully saturated rings. The molecule has 2 atom stereocenters. The molecule has 0 bridgehead atoms. The Morgan fingerprint density at radius 1 is 1.15 bits per heavy atom. The number of amides is 2. The number of carboxylic acids is 2. The number of carbonyl (C=O) groups excluding carboxylic acids is 2. The smallest absolute Gasteiger partial charge is 0.480 e. The summed E-state index contributed by atoms with van der Waals surface area (Å²) < 4.78 is 63.8. The van der Waals surface area contributed by atoms with Gasteiger partial charge in [0, 0.05) is 17.7 Å². The second-order valence-corrected chi connectivity index (χ2v) is 6.43. The first-order chi connectivity index (χ1) is 15.4. The number of terminal acetylenes is 1. The number of halogens is 6. The number of aliphatic carboxylic acids is 2. The second-order valence-electron chi connectivity index (χ2n) is 6.43. The molecule has 0 saturated carbocycles. The van der Waals surface area contributed by atoms with E-state index in [0.717, 1.165) is 5.56 Å². The van der Waals surface area contributed by atoms with Crippen molar-refractivity contribution >= 4 is 29.4 Å². The quantitative estimate of drug-likeness (QED) is 0.361. The van der Waals surface area contributed by atoms with Gasteiger partial charge < -0.3 is 21.7 Å². The van der Waals surface area contributed by atoms with Crippen molar-refractivity contribution in [2.45, 2.75) is 44.2 Å². The summed E-state index contributed by atoms with van der Waals surface area (Å²) in [5, 5.41) is 16.4. The van der Waals surface area contributed by atoms with Gasteiger partial charge in [-0.2, -0.15) is 26.3 Å². The Balaban J connectivity index is 0.000000642. The third-order valence-corrected chi connectivity index (χ3v) is 4.03. The molecular formula is C19H19F6N3O6. The molecule has 0 spiro atoms. The average Bonchev–Trinajstić information content (AvgIpc) is 3.11. The normalized spacial score (nSPS) is 15.4. The Morgan fingerprint density at radius 3 is 1.94 bits per heavy atom. The van der Waals surface area contributed by atoms with E-state index in [9.17, 15) is 41.0 Å². The maximum Gasteiger partial charge on any atom is 0.490 e. The van der Waals surface area contributed by atoms with Crippen molar-refractivity contribution in [1.29, 1.82) is 0 Å². The van der Waals surface area contributed by atoms with Crippen LogP contribution in [0.2, 0.25) is 0 Å². The van der Waals surface area contributed by atoms with Crippen LogP contribution >= 0.6 is 0 Å². The van der Waals surface area contributed by atoms with Crippen LogP contribution in [0.4, 0.5) is 32.0 Å². The zero-order valence-corrected chi connectivity index (χ0v) is 17.3. The SMILES string of the molecule is C#Cc1ccc2c(c1)C[C@H](C(=O)O)N2C(=O)[C@@H](N)CC.NC(=O)C(F)(F)F.O=C(O)C(F)(F)F. The third-order valence-electron chi connectivity index (χ3n) is 4.03. The number of anilines is 1. The van der Waals surface area contributed by atoms with E-state index in [1.165, 1.54) is 4.90 Å².